The van der Waals surface area contributed by atoms with E-state index in [1.54, 1.807) is 0 Å². The number of phosphoric acid groups is 1. The van der Waals surface area contributed by atoms with Crippen LogP contribution in [0.25, 0.3) is 0 Å². The van der Waals surface area contributed by atoms with Gasteiger partial charge in [-0.2, -0.15) is 0 Å². The molecule has 0 bridgehead atoms. The van der Waals surface area contributed by atoms with E-state index in [0.717, 1.165) is 70.6 Å². The Bertz CT molecular complexity index is 1470. The predicted molar refractivity (Wildman–Crippen MR) is 349 cm³/mol. The van der Waals surface area contributed by atoms with Crippen molar-refractivity contribution in [2.45, 2.75) is 367 Å². The molecule has 0 rings (SSSR count). The molecule has 0 heterocycles. The van der Waals surface area contributed by atoms with Gasteiger partial charge in [0.05, 0.1) is 13.2 Å². The molecule has 0 aliphatic heterocycles. The maximum Gasteiger partial charge on any atom is 0.472 e. The first-order valence-corrected chi connectivity index (χ1v) is 36.6. The molecule has 3 N–H and O–H groups in total. The zero-order valence-corrected chi connectivity index (χ0v) is 54.4. The Labute approximate surface area is 502 Å². The third-order valence-corrected chi connectivity index (χ3v) is 16.7. The summed E-state index contributed by atoms with van der Waals surface area (Å²) >= 11 is 0. The zero-order chi connectivity index (χ0) is 58.7. The van der Waals surface area contributed by atoms with E-state index in [-0.39, 0.29) is 38.6 Å². The fourth-order valence-corrected chi connectivity index (χ4v) is 11.3. The number of phosphoric ester groups is 1. The molecule has 476 valence electrons. The normalized spacial score (nSPS) is 13.2. The van der Waals surface area contributed by atoms with Gasteiger partial charge in [-0.25, -0.2) is 4.57 Å². The highest BCUT2D eigenvalue weighted by atomic mass is 31.2. The number of carbonyl (C=O) groups is 2. The second kappa shape index (κ2) is 67.1. The maximum absolute atomic E-state index is 12.7. The number of rotatable bonds is 67. The molecule has 0 fully saturated rings. The average Bonchev–Trinajstić information content (AvgIpc) is 3.46. The molecule has 0 radical (unpaired) electrons. The van der Waals surface area contributed by atoms with E-state index in [9.17, 15) is 19.0 Å². The molecule has 2 atom stereocenters. The van der Waals surface area contributed by atoms with Crippen LogP contribution in [0.15, 0.2) is 48.6 Å². The number of carbonyl (C=O) groups excluding carboxylic acids is 2. The Kier molecular flexibility index (Phi) is 65.4. The second-order valence-corrected chi connectivity index (χ2v) is 25.2. The molecule has 9 nitrogen and oxygen atoms in total. The third kappa shape index (κ3) is 67.0. The molecule has 0 aromatic heterocycles. The molecular formula is C71H134NO8P. The number of unbranched alkanes of at least 4 members (excludes halogenated alkanes) is 46. The van der Waals surface area contributed by atoms with E-state index in [2.05, 4.69) is 62.5 Å². The molecule has 10 heteroatoms. The number of ether oxygens (including phenoxy) is 2. The van der Waals surface area contributed by atoms with Crippen molar-refractivity contribution in [2.24, 2.45) is 5.73 Å². The average molecular weight is 1160 g/mol. The summed E-state index contributed by atoms with van der Waals surface area (Å²) in [7, 11) is -4.39. The van der Waals surface area contributed by atoms with Gasteiger partial charge in [0.2, 0.25) is 0 Å². The lowest BCUT2D eigenvalue weighted by molar-refractivity contribution is -0.161. The summed E-state index contributed by atoms with van der Waals surface area (Å²) in [6.45, 7) is 3.69. The van der Waals surface area contributed by atoms with Crippen LogP contribution in [0.3, 0.4) is 0 Å². The minimum Gasteiger partial charge on any atom is -0.462 e. The summed E-state index contributed by atoms with van der Waals surface area (Å²) in [5, 5.41) is 0. The standard InChI is InChI=1S/C71H134NO8P/c1-3-5-7-9-11-13-15-17-19-21-23-25-27-28-29-30-31-32-33-34-35-36-37-38-39-40-42-43-45-47-49-51-53-55-57-59-61-63-70(73)77-67-69(68-79-81(75,76)78-66-65-72)80-71(74)64-62-60-58-56-54-52-50-48-46-44-41-26-24-22-20-18-16-14-12-10-8-6-4-2/h6,8,12,14,18,20,24,26,69H,3-5,7,9-11,13,15-17,19,21-23,25,27-68,72H2,1-2H3,(H,75,76)/b8-6-,14-12-,20-18-,26-24-. The minimum absolute atomic E-state index is 0.0531. The molecule has 0 saturated carbocycles. The summed E-state index contributed by atoms with van der Waals surface area (Å²) < 4.78 is 33.2. The molecule has 0 spiro atoms. The van der Waals surface area contributed by atoms with Gasteiger partial charge in [-0.3, -0.25) is 18.6 Å². The van der Waals surface area contributed by atoms with Crippen molar-refractivity contribution in [2.75, 3.05) is 26.4 Å². The summed E-state index contributed by atoms with van der Waals surface area (Å²) in [6.07, 6.45) is 85.1. The summed E-state index contributed by atoms with van der Waals surface area (Å²) in [4.78, 5) is 35.3. The van der Waals surface area contributed by atoms with Crippen molar-refractivity contribution in [3.8, 4) is 0 Å². The number of allylic oxidation sites excluding steroid dienone is 8. The van der Waals surface area contributed by atoms with Crippen LogP contribution in [-0.2, 0) is 32.7 Å². The lowest BCUT2D eigenvalue weighted by Crippen LogP contribution is -2.29. The molecule has 0 saturated heterocycles. The van der Waals surface area contributed by atoms with Crippen LogP contribution in [-0.4, -0.2) is 49.3 Å². The Balaban J connectivity index is 3.78. The number of nitrogens with two attached hydrogens (primary N) is 1. The number of hydrogen-bond acceptors (Lipinski definition) is 8. The van der Waals surface area contributed by atoms with Crippen LogP contribution in [0.4, 0.5) is 0 Å². The van der Waals surface area contributed by atoms with Crippen LogP contribution < -0.4 is 5.73 Å². The van der Waals surface area contributed by atoms with Crippen LogP contribution in [0.2, 0.25) is 0 Å². The van der Waals surface area contributed by atoms with E-state index in [1.165, 1.54) is 257 Å². The largest absolute Gasteiger partial charge is 0.472 e. The Morgan fingerprint density at radius 1 is 0.383 bits per heavy atom. The van der Waals surface area contributed by atoms with Gasteiger partial charge in [-0.15, -0.1) is 0 Å². The topological polar surface area (TPSA) is 134 Å². The maximum atomic E-state index is 12.7. The van der Waals surface area contributed by atoms with E-state index < -0.39 is 26.5 Å². The SMILES string of the molecule is CC/C=C\C/C=C\C/C=C\C/C=C\CCCCCCCCCCCCC(=O)OC(COC(=O)CCCCCCCCCCCCCCCCCCCCCCCCCCCCCCCCCCCCCCC)COP(=O)(O)OCCN. The van der Waals surface area contributed by atoms with Crippen molar-refractivity contribution in [3.63, 3.8) is 0 Å². The predicted octanol–water partition coefficient (Wildman–Crippen LogP) is 22.9. The van der Waals surface area contributed by atoms with Crippen LogP contribution >= 0.6 is 7.82 Å². The van der Waals surface area contributed by atoms with Crippen molar-refractivity contribution < 1.29 is 37.6 Å². The molecule has 2 unspecified atom stereocenters. The first-order valence-electron chi connectivity index (χ1n) is 35.1. The second-order valence-electron chi connectivity index (χ2n) is 23.7. The highest BCUT2D eigenvalue weighted by molar-refractivity contribution is 7.47. The molecule has 0 aliphatic carbocycles. The Morgan fingerprint density at radius 3 is 1.01 bits per heavy atom. The molecular weight excluding hydrogens is 1030 g/mol. The lowest BCUT2D eigenvalue weighted by Gasteiger charge is -2.19. The van der Waals surface area contributed by atoms with E-state index >= 15 is 0 Å². The number of hydrogen-bond donors (Lipinski definition) is 2. The monoisotopic (exact) mass is 1160 g/mol. The van der Waals surface area contributed by atoms with Gasteiger partial charge in [-0.1, -0.05) is 345 Å². The summed E-state index contributed by atoms with van der Waals surface area (Å²) in [5.41, 5.74) is 5.40. The third-order valence-electron chi connectivity index (χ3n) is 15.7. The van der Waals surface area contributed by atoms with Gasteiger partial charge in [0.15, 0.2) is 6.10 Å². The zero-order valence-electron chi connectivity index (χ0n) is 53.5. The first kappa shape index (κ1) is 79.0. The first-order chi connectivity index (χ1) is 39.8. The van der Waals surface area contributed by atoms with Crippen molar-refractivity contribution >= 4 is 19.8 Å². The molecule has 0 aromatic rings. The van der Waals surface area contributed by atoms with E-state index in [4.69, 9.17) is 24.3 Å². The number of esters is 2. The minimum atomic E-state index is -4.39. The van der Waals surface area contributed by atoms with Gasteiger partial charge in [0.1, 0.15) is 6.61 Å². The van der Waals surface area contributed by atoms with Crippen LogP contribution in [0.5, 0.6) is 0 Å². The smallest absolute Gasteiger partial charge is 0.462 e. The van der Waals surface area contributed by atoms with Crippen molar-refractivity contribution in [1.29, 1.82) is 0 Å². The van der Waals surface area contributed by atoms with Crippen LogP contribution in [0, 0.1) is 0 Å². The molecule has 0 aromatic carbocycles. The van der Waals surface area contributed by atoms with Gasteiger partial charge < -0.3 is 20.1 Å². The van der Waals surface area contributed by atoms with Gasteiger partial charge in [-0.05, 0) is 51.4 Å². The lowest BCUT2D eigenvalue weighted by atomic mass is 10.0. The quantitative estimate of drug-likeness (QED) is 0.0264. The van der Waals surface area contributed by atoms with Gasteiger partial charge >= 0.3 is 19.8 Å². The summed E-state index contributed by atoms with van der Waals surface area (Å²) in [6, 6.07) is 0. The fourth-order valence-electron chi connectivity index (χ4n) is 10.6. The molecule has 0 amide bonds. The highest BCUT2D eigenvalue weighted by Crippen LogP contribution is 2.43. The van der Waals surface area contributed by atoms with E-state index in [0.29, 0.717) is 6.42 Å². The highest BCUT2D eigenvalue weighted by Gasteiger charge is 2.26. The van der Waals surface area contributed by atoms with Gasteiger partial charge in [0.25, 0.3) is 0 Å². The molecule has 81 heavy (non-hydrogen) atoms. The van der Waals surface area contributed by atoms with E-state index in [1.807, 2.05) is 0 Å². The Morgan fingerprint density at radius 2 is 0.679 bits per heavy atom. The Hall–Kier alpha value is -2.03. The van der Waals surface area contributed by atoms with Crippen molar-refractivity contribution in [1.82, 2.24) is 0 Å². The fraction of sp³-hybridized carbons (Fsp3) is 0.859. The van der Waals surface area contributed by atoms with Gasteiger partial charge in [0, 0.05) is 19.4 Å². The summed E-state index contributed by atoms with van der Waals surface area (Å²) in [5.74, 6) is -0.816. The van der Waals surface area contributed by atoms with Crippen molar-refractivity contribution in [3.05, 3.63) is 48.6 Å². The molecule has 0 aliphatic rings. The van der Waals surface area contributed by atoms with Crippen LogP contribution in [0.1, 0.15) is 361 Å².